The molecule has 0 aliphatic carbocycles. The third-order valence-corrected chi connectivity index (χ3v) is 2.67. The van der Waals surface area contributed by atoms with Gasteiger partial charge in [-0.05, 0) is 32.9 Å². The van der Waals surface area contributed by atoms with E-state index in [-0.39, 0.29) is 19.0 Å². The zero-order chi connectivity index (χ0) is 18.1. The predicted molar refractivity (Wildman–Crippen MR) is 85.0 cm³/mol. The van der Waals surface area contributed by atoms with E-state index in [1.165, 1.54) is 0 Å². The van der Waals surface area contributed by atoms with Crippen LogP contribution in [0.25, 0.3) is 0 Å². The van der Waals surface area contributed by atoms with Crippen LogP contribution in [0.5, 0.6) is 5.75 Å². The van der Waals surface area contributed by atoms with Gasteiger partial charge in [0.05, 0.1) is 13.2 Å². The zero-order valence-electron chi connectivity index (χ0n) is 13.8. The van der Waals surface area contributed by atoms with E-state index in [0.29, 0.717) is 5.01 Å². The van der Waals surface area contributed by atoms with Gasteiger partial charge >= 0.3 is 18.2 Å². The molecule has 0 atom stereocenters. The largest absolute Gasteiger partial charge is 0.449 e. The van der Waals surface area contributed by atoms with Crippen molar-refractivity contribution < 1.29 is 28.6 Å². The number of hydrogen-bond acceptors (Lipinski definition) is 6. The lowest BCUT2D eigenvalue weighted by Crippen LogP contribution is -2.48. The van der Waals surface area contributed by atoms with Gasteiger partial charge in [0.25, 0.3) is 0 Å². The monoisotopic (exact) mass is 336 g/mol. The highest BCUT2D eigenvalue weighted by atomic mass is 16.6. The topological polar surface area (TPSA) is 94.2 Å². The van der Waals surface area contributed by atoms with Crippen LogP contribution >= 0.6 is 0 Å². The van der Waals surface area contributed by atoms with Gasteiger partial charge in [-0.15, -0.1) is 0 Å². The summed E-state index contributed by atoms with van der Waals surface area (Å²) in [5, 5.41) is 0.540. The van der Waals surface area contributed by atoms with Gasteiger partial charge in [-0.2, -0.15) is 5.01 Å². The molecule has 0 aliphatic heterocycles. The second-order valence-electron chi connectivity index (χ2n) is 4.52. The second-order valence-corrected chi connectivity index (χ2v) is 4.52. The summed E-state index contributed by atoms with van der Waals surface area (Å²) >= 11 is 0. The zero-order valence-corrected chi connectivity index (χ0v) is 13.8. The number of ether oxygens (including phenoxy) is 3. The molecular formula is C16H20N2O6. The lowest BCUT2D eigenvalue weighted by molar-refractivity contribution is -0.132. The molecule has 0 aromatic heterocycles. The van der Waals surface area contributed by atoms with E-state index in [9.17, 15) is 14.4 Å². The fourth-order valence-electron chi connectivity index (χ4n) is 1.53. The van der Waals surface area contributed by atoms with Crippen molar-refractivity contribution in [2.45, 2.75) is 20.8 Å². The average molecular weight is 336 g/mol. The molecule has 0 saturated carbocycles. The molecule has 1 rings (SSSR count). The Morgan fingerprint density at radius 3 is 2.21 bits per heavy atom. The summed E-state index contributed by atoms with van der Waals surface area (Å²) in [6.45, 7) is 8.65. The molecular weight excluding hydrogens is 316 g/mol. The summed E-state index contributed by atoms with van der Waals surface area (Å²) in [6.07, 6.45) is -1.92. The molecule has 0 saturated heterocycles. The lowest BCUT2D eigenvalue weighted by Gasteiger charge is -2.22. The molecule has 0 fully saturated rings. The minimum atomic E-state index is -0.989. The highest BCUT2D eigenvalue weighted by Crippen LogP contribution is 2.14. The average Bonchev–Trinajstić information content (AvgIpc) is 2.54. The Bertz CT molecular complexity index is 611. The molecule has 0 radical (unpaired) electrons. The molecule has 24 heavy (non-hydrogen) atoms. The van der Waals surface area contributed by atoms with Crippen molar-refractivity contribution in [3.63, 3.8) is 0 Å². The van der Waals surface area contributed by atoms with Gasteiger partial charge < -0.3 is 14.2 Å². The Labute approximate surface area is 139 Å². The summed E-state index contributed by atoms with van der Waals surface area (Å²) < 4.78 is 14.5. The van der Waals surface area contributed by atoms with E-state index >= 15 is 0 Å². The van der Waals surface area contributed by atoms with Crippen LogP contribution < -0.4 is 10.2 Å². The molecule has 8 heteroatoms. The first kappa shape index (κ1) is 19.0. The summed E-state index contributed by atoms with van der Waals surface area (Å²) in [5.74, 6) is -0.657. The molecule has 0 aliphatic rings. The van der Waals surface area contributed by atoms with Crippen LogP contribution in [0.15, 0.2) is 36.5 Å². The summed E-state index contributed by atoms with van der Waals surface area (Å²) in [6, 6.07) is 6.69. The van der Waals surface area contributed by atoms with Crippen molar-refractivity contribution in [3.8, 4) is 5.75 Å². The number of nitrogens with one attached hydrogen (secondary N) is 1. The lowest BCUT2D eigenvalue weighted by atomic mass is 10.2. The normalized spacial score (nSPS) is 9.62. The number of rotatable bonds is 5. The van der Waals surface area contributed by atoms with Gasteiger partial charge in [0.15, 0.2) is 0 Å². The fourth-order valence-corrected chi connectivity index (χ4v) is 1.53. The Kier molecular flexibility index (Phi) is 7.28. The van der Waals surface area contributed by atoms with Gasteiger partial charge in [0.1, 0.15) is 11.4 Å². The van der Waals surface area contributed by atoms with E-state index in [4.69, 9.17) is 9.47 Å². The van der Waals surface area contributed by atoms with Gasteiger partial charge in [-0.3, -0.25) is 0 Å². The number of esters is 1. The maximum atomic E-state index is 12.1. The number of carbonyl (C=O) groups is 3. The summed E-state index contributed by atoms with van der Waals surface area (Å²) in [4.78, 5) is 35.5. The van der Waals surface area contributed by atoms with Crippen LogP contribution in [0.1, 0.15) is 19.4 Å². The quantitative estimate of drug-likeness (QED) is 0.384. The molecule has 130 valence electrons. The first-order valence-electron chi connectivity index (χ1n) is 7.27. The second kappa shape index (κ2) is 9.19. The Balaban J connectivity index is 2.84. The summed E-state index contributed by atoms with van der Waals surface area (Å²) in [5.41, 5.74) is 2.64. The van der Waals surface area contributed by atoms with E-state index in [1.54, 1.807) is 38.1 Å². The van der Waals surface area contributed by atoms with Crippen LogP contribution in [-0.4, -0.2) is 36.4 Å². The molecule has 2 amide bonds. The fraction of sp³-hybridized carbons (Fsp3) is 0.312. The smallest absolute Gasteiger partial charge is 0.433 e. The van der Waals surface area contributed by atoms with Gasteiger partial charge in [-0.25, -0.2) is 19.8 Å². The third kappa shape index (κ3) is 5.64. The highest BCUT2D eigenvalue weighted by Gasteiger charge is 2.27. The van der Waals surface area contributed by atoms with Crippen LogP contribution in [0.2, 0.25) is 0 Å². The van der Waals surface area contributed by atoms with Crippen LogP contribution in [0, 0.1) is 6.92 Å². The first-order valence-corrected chi connectivity index (χ1v) is 7.27. The number of carbonyl (C=O) groups excluding carboxylic acids is 3. The third-order valence-electron chi connectivity index (χ3n) is 2.67. The van der Waals surface area contributed by atoms with E-state index < -0.39 is 23.9 Å². The number of aryl methyl sites for hydroxylation is 1. The molecule has 8 nitrogen and oxygen atoms in total. The van der Waals surface area contributed by atoms with Crippen LogP contribution in [0.4, 0.5) is 9.59 Å². The Morgan fingerprint density at radius 1 is 1.08 bits per heavy atom. The van der Waals surface area contributed by atoms with Crippen molar-refractivity contribution in [1.82, 2.24) is 10.4 Å². The Morgan fingerprint density at radius 2 is 1.67 bits per heavy atom. The standard InChI is InChI=1S/C16H20N2O6/c1-5-22-15(20)17-18(16(21)23-6-2)12(4)14(19)24-13-9-7-11(3)8-10-13/h7-10H,4-6H2,1-3H3,(H,17,20). The number of amides is 2. The number of hydrazine groups is 1. The van der Waals surface area contributed by atoms with Crippen molar-refractivity contribution >= 4 is 18.2 Å². The van der Waals surface area contributed by atoms with Gasteiger partial charge in [0.2, 0.25) is 0 Å². The number of hydrogen-bond donors (Lipinski definition) is 1. The molecule has 0 bridgehead atoms. The first-order chi connectivity index (χ1) is 11.4. The minimum absolute atomic E-state index is 0.0418. The van der Waals surface area contributed by atoms with E-state index in [2.05, 4.69) is 16.7 Å². The van der Waals surface area contributed by atoms with E-state index in [1.807, 2.05) is 6.92 Å². The highest BCUT2D eigenvalue weighted by molar-refractivity contribution is 5.93. The van der Waals surface area contributed by atoms with Crippen LogP contribution in [-0.2, 0) is 14.3 Å². The van der Waals surface area contributed by atoms with Crippen molar-refractivity contribution in [3.05, 3.63) is 42.1 Å². The number of benzene rings is 1. The van der Waals surface area contributed by atoms with Crippen molar-refractivity contribution in [2.75, 3.05) is 13.2 Å². The van der Waals surface area contributed by atoms with Gasteiger partial charge in [-0.1, -0.05) is 24.3 Å². The van der Waals surface area contributed by atoms with Gasteiger partial charge in [0, 0.05) is 0 Å². The molecule has 1 N–H and O–H groups in total. The van der Waals surface area contributed by atoms with Crippen LogP contribution in [0.3, 0.4) is 0 Å². The molecule has 1 aromatic carbocycles. The summed E-state index contributed by atoms with van der Waals surface area (Å²) in [7, 11) is 0. The predicted octanol–water partition coefficient (Wildman–Crippen LogP) is 2.53. The van der Waals surface area contributed by atoms with Crippen molar-refractivity contribution in [2.24, 2.45) is 0 Å². The maximum absolute atomic E-state index is 12.1. The minimum Gasteiger partial charge on any atom is -0.449 e. The van der Waals surface area contributed by atoms with E-state index in [0.717, 1.165) is 5.56 Å². The number of nitrogens with zero attached hydrogens (tertiary/aromatic N) is 1. The molecule has 0 unspecified atom stereocenters. The SMILES string of the molecule is C=C(C(=O)Oc1ccc(C)cc1)N(NC(=O)OCC)C(=O)OCC. The molecule has 0 heterocycles. The maximum Gasteiger partial charge on any atom is 0.433 e. The molecule has 0 spiro atoms. The Hall–Kier alpha value is -3.03. The molecule has 1 aromatic rings. The van der Waals surface area contributed by atoms with Crippen molar-refractivity contribution in [1.29, 1.82) is 0 Å².